The fraction of sp³-hybridized carbons (Fsp3) is 0.174. The van der Waals surface area contributed by atoms with Gasteiger partial charge >= 0.3 is 0 Å². The molecule has 0 bridgehead atoms. The summed E-state index contributed by atoms with van der Waals surface area (Å²) in [7, 11) is 1.60. The zero-order valence-corrected chi connectivity index (χ0v) is 15.8. The van der Waals surface area contributed by atoms with Crippen molar-refractivity contribution in [2.75, 3.05) is 7.11 Å². The molecule has 28 heavy (non-hydrogen) atoms. The molecule has 0 atom stereocenters. The summed E-state index contributed by atoms with van der Waals surface area (Å²) in [5.41, 5.74) is 2.12. The second-order valence-electron chi connectivity index (χ2n) is 6.20. The molecule has 0 aliphatic carbocycles. The van der Waals surface area contributed by atoms with Gasteiger partial charge in [-0.3, -0.25) is 4.79 Å². The Morgan fingerprint density at radius 1 is 1.07 bits per heavy atom. The molecule has 5 nitrogen and oxygen atoms in total. The lowest BCUT2D eigenvalue weighted by Crippen LogP contribution is -2.22. The van der Waals surface area contributed by atoms with Crippen LogP contribution in [-0.2, 0) is 19.6 Å². The van der Waals surface area contributed by atoms with Crippen molar-refractivity contribution in [3.8, 4) is 11.5 Å². The molecule has 144 valence electrons. The predicted octanol–water partition coefficient (Wildman–Crippen LogP) is 4.53. The van der Waals surface area contributed by atoms with Crippen molar-refractivity contribution < 1.29 is 18.7 Å². The maximum absolute atomic E-state index is 12.2. The van der Waals surface area contributed by atoms with E-state index in [-0.39, 0.29) is 18.3 Å². The molecule has 0 saturated heterocycles. The summed E-state index contributed by atoms with van der Waals surface area (Å²) in [6.45, 7) is 4.38. The van der Waals surface area contributed by atoms with Gasteiger partial charge in [0.15, 0.2) is 17.3 Å². The highest BCUT2D eigenvalue weighted by molar-refractivity contribution is 5.91. The van der Waals surface area contributed by atoms with Crippen molar-refractivity contribution in [1.82, 2.24) is 5.32 Å². The standard InChI is InChI=1S/C23H23NO4/c1-3-7-17-10-12-20(22(14-17)26-2)27-16-19-11-13-21(28-19)23(25)24-15-18-8-5-4-6-9-18/h3-6,8-14H,1,7,15-16H2,2H3,(H,24,25). The fourth-order valence-corrected chi connectivity index (χ4v) is 2.72. The summed E-state index contributed by atoms with van der Waals surface area (Å²) in [5, 5.41) is 2.84. The number of carbonyl (C=O) groups excluding carboxylic acids is 1. The van der Waals surface area contributed by atoms with Gasteiger partial charge < -0.3 is 19.2 Å². The van der Waals surface area contributed by atoms with Crippen LogP contribution in [0.25, 0.3) is 0 Å². The second kappa shape index (κ2) is 9.46. The third-order valence-corrected chi connectivity index (χ3v) is 4.16. The Hall–Kier alpha value is -3.47. The van der Waals surface area contributed by atoms with E-state index in [0.717, 1.165) is 17.5 Å². The minimum Gasteiger partial charge on any atom is -0.493 e. The Morgan fingerprint density at radius 2 is 1.89 bits per heavy atom. The van der Waals surface area contributed by atoms with Gasteiger partial charge in [0.05, 0.1) is 7.11 Å². The third-order valence-electron chi connectivity index (χ3n) is 4.16. The molecule has 0 unspecified atom stereocenters. The van der Waals surface area contributed by atoms with Crippen LogP contribution in [0.2, 0.25) is 0 Å². The van der Waals surface area contributed by atoms with Crippen molar-refractivity contribution >= 4 is 5.91 Å². The van der Waals surface area contributed by atoms with E-state index in [1.807, 2.05) is 54.6 Å². The number of carbonyl (C=O) groups is 1. The van der Waals surface area contributed by atoms with Crippen molar-refractivity contribution in [2.24, 2.45) is 0 Å². The summed E-state index contributed by atoms with van der Waals surface area (Å²) in [6.07, 6.45) is 2.60. The molecule has 0 fully saturated rings. The van der Waals surface area contributed by atoms with Gasteiger partial charge in [-0.25, -0.2) is 0 Å². The summed E-state index contributed by atoms with van der Waals surface area (Å²) < 4.78 is 16.8. The van der Waals surface area contributed by atoms with Crippen molar-refractivity contribution in [2.45, 2.75) is 19.6 Å². The normalized spacial score (nSPS) is 10.3. The highest BCUT2D eigenvalue weighted by atomic mass is 16.5. The molecule has 0 aliphatic rings. The Balaban J connectivity index is 1.57. The SMILES string of the molecule is C=CCc1ccc(OCc2ccc(C(=O)NCc3ccccc3)o2)c(OC)c1. The molecule has 3 aromatic rings. The van der Waals surface area contributed by atoms with E-state index >= 15 is 0 Å². The number of rotatable bonds is 9. The number of ether oxygens (including phenoxy) is 2. The average molecular weight is 377 g/mol. The first-order valence-corrected chi connectivity index (χ1v) is 9.01. The maximum atomic E-state index is 12.2. The van der Waals surface area contributed by atoms with Crippen LogP contribution in [0, 0.1) is 0 Å². The van der Waals surface area contributed by atoms with Crippen LogP contribution in [0.5, 0.6) is 11.5 Å². The van der Waals surface area contributed by atoms with E-state index in [1.165, 1.54) is 0 Å². The first-order valence-electron chi connectivity index (χ1n) is 9.01. The van der Waals surface area contributed by atoms with E-state index in [9.17, 15) is 4.79 Å². The van der Waals surface area contributed by atoms with Gasteiger partial charge in [0.2, 0.25) is 0 Å². The van der Waals surface area contributed by atoms with Crippen molar-refractivity contribution in [3.63, 3.8) is 0 Å². The molecule has 0 spiro atoms. The molecule has 1 heterocycles. The van der Waals surface area contributed by atoms with Crippen LogP contribution in [0.15, 0.2) is 77.7 Å². The van der Waals surface area contributed by atoms with Gasteiger partial charge in [0.25, 0.3) is 5.91 Å². The molecule has 1 aromatic heterocycles. The first kappa shape index (κ1) is 19.3. The number of hydrogen-bond donors (Lipinski definition) is 1. The number of hydrogen-bond acceptors (Lipinski definition) is 4. The topological polar surface area (TPSA) is 60.7 Å². The van der Waals surface area contributed by atoms with Crippen LogP contribution >= 0.6 is 0 Å². The monoisotopic (exact) mass is 377 g/mol. The van der Waals surface area contributed by atoms with E-state index in [2.05, 4.69) is 11.9 Å². The van der Waals surface area contributed by atoms with Gasteiger partial charge in [-0.05, 0) is 41.8 Å². The molecule has 2 aromatic carbocycles. The molecule has 3 rings (SSSR count). The molecule has 0 aliphatic heterocycles. The predicted molar refractivity (Wildman–Crippen MR) is 108 cm³/mol. The highest BCUT2D eigenvalue weighted by Crippen LogP contribution is 2.29. The van der Waals surface area contributed by atoms with E-state index in [0.29, 0.717) is 23.8 Å². The number of furan rings is 1. The molecule has 5 heteroatoms. The lowest BCUT2D eigenvalue weighted by Gasteiger charge is -2.11. The van der Waals surface area contributed by atoms with E-state index < -0.39 is 0 Å². The van der Waals surface area contributed by atoms with Crippen LogP contribution in [0.3, 0.4) is 0 Å². The van der Waals surface area contributed by atoms with E-state index in [4.69, 9.17) is 13.9 Å². The summed E-state index contributed by atoms with van der Waals surface area (Å²) in [4.78, 5) is 12.2. The largest absolute Gasteiger partial charge is 0.493 e. The van der Waals surface area contributed by atoms with Crippen molar-refractivity contribution in [1.29, 1.82) is 0 Å². The van der Waals surface area contributed by atoms with Gasteiger partial charge in [0, 0.05) is 6.54 Å². The average Bonchev–Trinajstić information content (AvgIpc) is 3.21. The molecule has 0 saturated carbocycles. The minimum absolute atomic E-state index is 0.198. The zero-order valence-electron chi connectivity index (χ0n) is 15.8. The molecule has 1 amide bonds. The summed E-state index contributed by atoms with van der Waals surface area (Å²) in [6, 6.07) is 18.8. The number of nitrogens with one attached hydrogen (secondary N) is 1. The molecular formula is C23H23NO4. The molecule has 0 radical (unpaired) electrons. The van der Waals surface area contributed by atoms with Crippen LogP contribution in [-0.4, -0.2) is 13.0 Å². The summed E-state index contributed by atoms with van der Waals surface area (Å²) >= 11 is 0. The highest BCUT2D eigenvalue weighted by Gasteiger charge is 2.12. The number of allylic oxidation sites excluding steroid dienone is 1. The van der Waals surface area contributed by atoms with E-state index in [1.54, 1.807) is 19.2 Å². The third kappa shape index (κ3) is 5.04. The lowest BCUT2D eigenvalue weighted by atomic mass is 10.1. The Morgan fingerprint density at radius 3 is 2.64 bits per heavy atom. The van der Waals surface area contributed by atoms with Gasteiger partial charge in [-0.15, -0.1) is 6.58 Å². The molecular weight excluding hydrogens is 354 g/mol. The quantitative estimate of drug-likeness (QED) is 0.557. The Labute approximate surface area is 164 Å². The lowest BCUT2D eigenvalue weighted by molar-refractivity contribution is 0.0919. The zero-order chi connectivity index (χ0) is 19.8. The fourth-order valence-electron chi connectivity index (χ4n) is 2.72. The van der Waals surface area contributed by atoms with Gasteiger partial charge in [0.1, 0.15) is 12.4 Å². The van der Waals surface area contributed by atoms with Crippen LogP contribution < -0.4 is 14.8 Å². The Bertz CT molecular complexity index is 931. The van der Waals surface area contributed by atoms with Gasteiger partial charge in [-0.2, -0.15) is 0 Å². The number of benzene rings is 2. The minimum atomic E-state index is -0.263. The first-order chi connectivity index (χ1) is 13.7. The van der Waals surface area contributed by atoms with Crippen LogP contribution in [0.4, 0.5) is 0 Å². The van der Waals surface area contributed by atoms with Crippen molar-refractivity contribution in [3.05, 3.63) is 96.0 Å². The van der Waals surface area contributed by atoms with Gasteiger partial charge in [-0.1, -0.05) is 42.5 Å². The smallest absolute Gasteiger partial charge is 0.287 e. The molecule has 1 N–H and O–H groups in total. The second-order valence-corrected chi connectivity index (χ2v) is 6.20. The number of methoxy groups -OCH3 is 1. The number of amides is 1. The maximum Gasteiger partial charge on any atom is 0.287 e. The Kier molecular flexibility index (Phi) is 6.52. The van der Waals surface area contributed by atoms with Crippen LogP contribution in [0.1, 0.15) is 27.4 Å². The summed E-state index contributed by atoms with van der Waals surface area (Å²) in [5.74, 6) is 1.81.